The van der Waals surface area contributed by atoms with Crippen LogP contribution in [-0.4, -0.2) is 65.0 Å². The number of aryl methyl sites for hydroxylation is 1. The summed E-state index contributed by atoms with van der Waals surface area (Å²) >= 11 is 0. The van der Waals surface area contributed by atoms with Crippen LogP contribution in [0.15, 0.2) is 60.7 Å². The van der Waals surface area contributed by atoms with Gasteiger partial charge in [-0.05, 0) is 44.9 Å². The molecule has 3 heterocycles. The fraction of sp³-hybridized carbons (Fsp3) is 0.345. The zero-order valence-electron chi connectivity index (χ0n) is 22.5. The number of aromatic nitrogens is 3. The summed E-state index contributed by atoms with van der Waals surface area (Å²) in [5.74, 6) is -0.185. The number of hydrogen-bond donors (Lipinski definition) is 3. The first-order valence-corrected chi connectivity index (χ1v) is 14.8. The summed E-state index contributed by atoms with van der Waals surface area (Å²) in [4.78, 5) is 19.2. The van der Waals surface area contributed by atoms with Crippen molar-refractivity contribution < 1.29 is 23.7 Å². The Balaban J connectivity index is 1.68. The number of fused-ring (bicyclic) bond motifs is 1. The number of aliphatic carboxylic acids is 1. The van der Waals surface area contributed by atoms with Gasteiger partial charge in [0, 0.05) is 30.4 Å². The van der Waals surface area contributed by atoms with Gasteiger partial charge in [0.1, 0.15) is 5.82 Å². The Kier molecular flexibility index (Phi) is 7.15. The number of carboxylic acids is 1. The summed E-state index contributed by atoms with van der Waals surface area (Å²) < 4.78 is 28.2. The molecule has 5 rings (SSSR count). The maximum Gasteiger partial charge on any atom is 0.337 e. The van der Waals surface area contributed by atoms with E-state index < -0.39 is 28.3 Å². The molecule has 0 saturated carbocycles. The Bertz CT molecular complexity index is 1500. The number of carbonyl (C=O) groups is 1. The number of hydrogen-bond acceptors (Lipinski definition) is 7. The normalized spacial score (nSPS) is 17.2. The number of carboxylic acid groups (broad SMARTS) is 1. The van der Waals surface area contributed by atoms with Crippen molar-refractivity contribution in [3.05, 3.63) is 71.9 Å². The van der Waals surface area contributed by atoms with Crippen LogP contribution in [0.4, 0.5) is 5.82 Å². The summed E-state index contributed by atoms with van der Waals surface area (Å²) in [6, 6.07) is 20.1. The van der Waals surface area contributed by atoms with Crippen molar-refractivity contribution >= 4 is 28.0 Å². The van der Waals surface area contributed by atoms with Crippen molar-refractivity contribution in [2.45, 2.75) is 39.4 Å². The molecule has 4 aromatic rings. The van der Waals surface area contributed by atoms with Gasteiger partial charge in [0.15, 0.2) is 11.8 Å². The Morgan fingerprint density at radius 2 is 1.62 bits per heavy atom. The monoisotopic (exact) mass is 550 g/mol. The highest BCUT2D eigenvalue weighted by Crippen LogP contribution is 2.43. The van der Waals surface area contributed by atoms with E-state index in [1.165, 1.54) is 0 Å². The Labute approximate surface area is 229 Å². The first kappa shape index (κ1) is 27.1. The average Bonchev–Trinajstić information content (AvgIpc) is 3.30. The molecule has 0 spiro atoms. The van der Waals surface area contributed by atoms with Gasteiger partial charge in [0.25, 0.3) is 0 Å². The molecule has 1 saturated heterocycles. The lowest BCUT2D eigenvalue weighted by molar-refractivity contribution is -0.160. The molecule has 0 radical (unpaired) electrons. The van der Waals surface area contributed by atoms with Crippen LogP contribution in [0.5, 0.6) is 0 Å². The molecular formula is C29H34N4O5S. The van der Waals surface area contributed by atoms with Gasteiger partial charge >= 0.3 is 5.97 Å². The minimum absolute atomic E-state index is 0.195. The maximum atomic E-state index is 12.5. The van der Waals surface area contributed by atoms with Gasteiger partial charge in [0.05, 0.1) is 28.4 Å². The Morgan fingerprint density at radius 3 is 2.26 bits per heavy atom. The van der Waals surface area contributed by atoms with Gasteiger partial charge in [-0.15, -0.1) is 0 Å². The number of anilines is 1. The highest BCUT2D eigenvalue weighted by Gasteiger charge is 2.36. The predicted molar refractivity (Wildman–Crippen MR) is 155 cm³/mol. The predicted octanol–water partition coefficient (Wildman–Crippen LogP) is 5.88. The number of ether oxygens (including phenoxy) is 1. The fourth-order valence-corrected chi connectivity index (χ4v) is 6.11. The fourth-order valence-electron chi connectivity index (χ4n) is 4.88. The lowest BCUT2D eigenvalue weighted by Gasteiger charge is -2.42. The quantitative estimate of drug-likeness (QED) is 0.272. The van der Waals surface area contributed by atoms with Crippen molar-refractivity contribution in [2.24, 2.45) is 0 Å². The van der Waals surface area contributed by atoms with Crippen molar-refractivity contribution in [3.8, 4) is 22.4 Å². The zero-order valence-corrected chi connectivity index (χ0v) is 23.4. The summed E-state index contributed by atoms with van der Waals surface area (Å²) in [6.45, 7) is 7.90. The standard InChI is InChI=1S/C29H34N4O5S/c1-19-25(26(28(34)35)38-29(2,3)4)27(32-13-15-39(36,37)16-14-32)33-24(30-19)18-23(31-33)22-12-8-11-21(17-22)20-9-6-5-7-10-20/h5-12,17-18,26,36-37H,13-16H2,1-4H3,(H,34,35)/t26-/m0/s1. The molecule has 1 aliphatic rings. The molecule has 2 aromatic carbocycles. The third-order valence-electron chi connectivity index (χ3n) is 6.70. The molecule has 0 bridgehead atoms. The Hall–Kier alpha value is -3.44. The third kappa shape index (κ3) is 5.79. The van der Waals surface area contributed by atoms with E-state index in [0.29, 0.717) is 41.5 Å². The smallest absolute Gasteiger partial charge is 0.337 e. The summed E-state index contributed by atoms with van der Waals surface area (Å²) in [7, 11) is -2.67. The lowest BCUT2D eigenvalue weighted by Crippen LogP contribution is -2.41. The van der Waals surface area contributed by atoms with E-state index in [4.69, 9.17) is 14.8 Å². The molecule has 206 valence electrons. The number of nitrogens with zero attached hydrogens (tertiary/aromatic N) is 4. The van der Waals surface area contributed by atoms with Crippen LogP contribution in [0.3, 0.4) is 0 Å². The van der Waals surface area contributed by atoms with Crippen molar-refractivity contribution in [1.82, 2.24) is 14.6 Å². The highest BCUT2D eigenvalue weighted by molar-refractivity contribution is 8.24. The number of benzene rings is 2. The molecule has 39 heavy (non-hydrogen) atoms. The van der Waals surface area contributed by atoms with Crippen LogP contribution < -0.4 is 4.90 Å². The molecule has 0 unspecified atom stereocenters. The SMILES string of the molecule is Cc1nc2cc(-c3cccc(-c4ccccc4)c3)nn2c(N2CCS(O)(O)CC2)c1[C@H](OC(C)(C)C)C(=O)O. The first-order chi connectivity index (χ1) is 18.4. The van der Waals surface area contributed by atoms with Crippen LogP contribution in [-0.2, 0) is 9.53 Å². The van der Waals surface area contributed by atoms with E-state index in [2.05, 4.69) is 18.2 Å². The highest BCUT2D eigenvalue weighted by atomic mass is 32.3. The van der Waals surface area contributed by atoms with E-state index in [1.54, 1.807) is 11.4 Å². The van der Waals surface area contributed by atoms with Gasteiger partial charge in [-0.2, -0.15) is 20.2 Å². The number of rotatable bonds is 6. The van der Waals surface area contributed by atoms with E-state index in [1.807, 2.05) is 68.1 Å². The lowest BCUT2D eigenvalue weighted by atomic mass is 10.0. The van der Waals surface area contributed by atoms with Gasteiger partial charge in [-0.1, -0.05) is 48.5 Å². The molecule has 1 atom stereocenters. The molecule has 1 fully saturated rings. The molecule has 2 aromatic heterocycles. The molecular weight excluding hydrogens is 516 g/mol. The minimum atomic E-state index is -2.67. The van der Waals surface area contributed by atoms with E-state index in [-0.39, 0.29) is 11.5 Å². The molecule has 10 heteroatoms. The van der Waals surface area contributed by atoms with Gasteiger partial charge < -0.3 is 14.7 Å². The third-order valence-corrected chi connectivity index (χ3v) is 8.38. The van der Waals surface area contributed by atoms with Crippen molar-refractivity contribution in [2.75, 3.05) is 29.5 Å². The molecule has 0 amide bonds. The first-order valence-electron chi connectivity index (χ1n) is 12.9. The summed E-state index contributed by atoms with van der Waals surface area (Å²) in [6.07, 6.45) is -1.28. The largest absolute Gasteiger partial charge is 0.479 e. The topological polar surface area (TPSA) is 120 Å². The van der Waals surface area contributed by atoms with Crippen LogP contribution in [0.1, 0.15) is 38.1 Å². The van der Waals surface area contributed by atoms with Crippen LogP contribution in [0, 0.1) is 6.92 Å². The molecule has 3 N–H and O–H groups in total. The van der Waals surface area contributed by atoms with Crippen LogP contribution in [0.2, 0.25) is 0 Å². The second-order valence-corrected chi connectivity index (χ2v) is 13.2. The van der Waals surface area contributed by atoms with E-state index >= 15 is 0 Å². The van der Waals surface area contributed by atoms with E-state index in [0.717, 1.165) is 16.7 Å². The summed E-state index contributed by atoms with van der Waals surface area (Å²) in [5, 5.41) is 15.2. The van der Waals surface area contributed by atoms with E-state index in [9.17, 15) is 19.0 Å². The Morgan fingerprint density at radius 1 is 0.974 bits per heavy atom. The summed E-state index contributed by atoms with van der Waals surface area (Å²) in [5.41, 5.74) is 4.53. The van der Waals surface area contributed by atoms with Crippen molar-refractivity contribution in [3.63, 3.8) is 0 Å². The van der Waals surface area contributed by atoms with Gasteiger partial charge in [0.2, 0.25) is 0 Å². The van der Waals surface area contributed by atoms with Crippen LogP contribution in [0.25, 0.3) is 28.0 Å². The minimum Gasteiger partial charge on any atom is -0.479 e. The van der Waals surface area contributed by atoms with Gasteiger partial charge in [-0.25, -0.2) is 9.78 Å². The second-order valence-electron chi connectivity index (χ2n) is 10.8. The average molecular weight is 551 g/mol. The second kappa shape index (κ2) is 10.3. The molecule has 0 aliphatic carbocycles. The van der Waals surface area contributed by atoms with Crippen molar-refractivity contribution in [1.29, 1.82) is 0 Å². The van der Waals surface area contributed by atoms with Gasteiger partial charge in [-0.3, -0.25) is 9.11 Å². The molecule has 9 nitrogen and oxygen atoms in total. The maximum absolute atomic E-state index is 12.5. The zero-order chi connectivity index (χ0) is 27.9. The molecule has 1 aliphatic heterocycles. The van der Waals surface area contributed by atoms with Crippen LogP contribution >= 0.6 is 10.6 Å².